The summed E-state index contributed by atoms with van der Waals surface area (Å²) in [4.78, 5) is 14.3. The van der Waals surface area contributed by atoms with Crippen LogP contribution in [0.4, 0.5) is 0 Å². The van der Waals surface area contributed by atoms with Crippen LogP contribution in [0.5, 0.6) is 0 Å². The van der Waals surface area contributed by atoms with E-state index in [1.807, 2.05) is 18.7 Å². The molecular weight excluding hydrogens is 254 g/mol. The molecule has 0 spiro atoms. The standard InChI is InChI=1S/C16H29NO3/c1-3-11-20-12-15(18)17-10-6-8-14(17)13-7-4-5-9-16(13,2)19/h13-14,19H,3-12H2,1-2H3/t13-,14-,16-/m1/s1. The summed E-state index contributed by atoms with van der Waals surface area (Å²) in [7, 11) is 0. The highest BCUT2D eigenvalue weighted by molar-refractivity contribution is 5.78. The predicted molar refractivity (Wildman–Crippen MR) is 78.4 cm³/mol. The van der Waals surface area contributed by atoms with Crippen LogP contribution in [0.25, 0.3) is 0 Å². The van der Waals surface area contributed by atoms with Gasteiger partial charge in [0.1, 0.15) is 6.61 Å². The Labute approximate surface area is 122 Å². The maximum absolute atomic E-state index is 12.3. The number of hydrogen-bond donors (Lipinski definition) is 1. The van der Waals surface area contributed by atoms with Crippen LogP contribution < -0.4 is 0 Å². The average molecular weight is 283 g/mol. The fourth-order valence-corrected chi connectivity index (χ4v) is 3.86. The summed E-state index contributed by atoms with van der Waals surface area (Å²) in [6.07, 6.45) is 7.19. The number of rotatable bonds is 5. The Kier molecular flexibility index (Phi) is 5.44. The van der Waals surface area contributed by atoms with Crippen molar-refractivity contribution in [3.8, 4) is 0 Å². The van der Waals surface area contributed by atoms with Gasteiger partial charge in [0.25, 0.3) is 0 Å². The number of amides is 1. The van der Waals surface area contributed by atoms with Crippen LogP contribution in [0.15, 0.2) is 0 Å². The predicted octanol–water partition coefficient (Wildman–Crippen LogP) is 2.35. The third-order valence-electron chi connectivity index (χ3n) is 4.90. The van der Waals surface area contributed by atoms with E-state index < -0.39 is 5.60 Å². The fourth-order valence-electron chi connectivity index (χ4n) is 3.86. The summed E-state index contributed by atoms with van der Waals surface area (Å²) in [5.74, 6) is 0.330. The number of aliphatic hydroxyl groups is 1. The van der Waals surface area contributed by atoms with Gasteiger partial charge in [-0.3, -0.25) is 4.79 Å². The molecule has 0 aromatic heterocycles. The summed E-state index contributed by atoms with van der Waals surface area (Å²) < 4.78 is 5.39. The van der Waals surface area contributed by atoms with Crippen molar-refractivity contribution in [3.05, 3.63) is 0 Å². The summed E-state index contributed by atoms with van der Waals surface area (Å²) in [6, 6.07) is 0.211. The molecule has 4 heteroatoms. The Balaban J connectivity index is 1.97. The first-order chi connectivity index (χ1) is 9.56. The van der Waals surface area contributed by atoms with E-state index in [1.165, 1.54) is 6.42 Å². The van der Waals surface area contributed by atoms with Gasteiger partial charge in [-0.15, -0.1) is 0 Å². The summed E-state index contributed by atoms with van der Waals surface area (Å²) >= 11 is 0. The molecule has 1 saturated heterocycles. The minimum Gasteiger partial charge on any atom is -0.390 e. The van der Waals surface area contributed by atoms with Gasteiger partial charge in [0.05, 0.1) is 5.60 Å². The van der Waals surface area contributed by atoms with E-state index in [9.17, 15) is 9.90 Å². The molecule has 0 radical (unpaired) electrons. The molecule has 1 aliphatic carbocycles. The second-order valence-corrected chi connectivity index (χ2v) is 6.56. The van der Waals surface area contributed by atoms with Gasteiger partial charge in [-0.2, -0.15) is 0 Å². The first kappa shape index (κ1) is 15.8. The molecule has 2 aliphatic rings. The van der Waals surface area contributed by atoms with Gasteiger partial charge in [-0.1, -0.05) is 19.8 Å². The molecule has 3 atom stereocenters. The van der Waals surface area contributed by atoms with Crippen molar-refractivity contribution < 1.29 is 14.6 Å². The lowest BCUT2D eigenvalue weighted by atomic mass is 9.72. The van der Waals surface area contributed by atoms with Gasteiger partial charge in [0, 0.05) is 25.1 Å². The minimum absolute atomic E-state index is 0.0994. The van der Waals surface area contributed by atoms with E-state index in [0.29, 0.717) is 6.61 Å². The zero-order valence-electron chi connectivity index (χ0n) is 12.9. The number of carbonyl (C=O) groups excluding carboxylic acids is 1. The molecule has 4 nitrogen and oxygen atoms in total. The molecule has 2 rings (SSSR count). The van der Waals surface area contributed by atoms with Crippen molar-refractivity contribution in [2.75, 3.05) is 19.8 Å². The number of nitrogens with zero attached hydrogens (tertiary/aromatic N) is 1. The van der Waals surface area contributed by atoms with Crippen molar-refractivity contribution in [3.63, 3.8) is 0 Å². The molecule has 1 N–H and O–H groups in total. The molecule has 1 amide bonds. The van der Waals surface area contributed by atoms with Crippen molar-refractivity contribution in [1.82, 2.24) is 4.90 Å². The molecule has 20 heavy (non-hydrogen) atoms. The van der Waals surface area contributed by atoms with E-state index >= 15 is 0 Å². The van der Waals surface area contributed by atoms with Gasteiger partial charge in [0.2, 0.25) is 5.91 Å². The van der Waals surface area contributed by atoms with Crippen LogP contribution in [-0.4, -0.2) is 47.3 Å². The average Bonchev–Trinajstić information content (AvgIpc) is 2.87. The van der Waals surface area contributed by atoms with Crippen molar-refractivity contribution in [2.45, 2.75) is 70.4 Å². The van der Waals surface area contributed by atoms with E-state index in [4.69, 9.17) is 4.74 Å². The molecular formula is C16H29NO3. The highest BCUT2D eigenvalue weighted by Crippen LogP contribution is 2.40. The van der Waals surface area contributed by atoms with Crippen molar-refractivity contribution in [1.29, 1.82) is 0 Å². The van der Waals surface area contributed by atoms with Gasteiger partial charge in [-0.05, 0) is 39.0 Å². The molecule has 0 aromatic carbocycles. The zero-order chi connectivity index (χ0) is 14.6. The molecule has 1 aliphatic heterocycles. The Hall–Kier alpha value is -0.610. The fraction of sp³-hybridized carbons (Fsp3) is 0.938. The zero-order valence-corrected chi connectivity index (χ0v) is 12.9. The Morgan fingerprint density at radius 1 is 1.35 bits per heavy atom. The molecule has 0 aromatic rings. The monoisotopic (exact) mass is 283 g/mol. The van der Waals surface area contributed by atoms with Gasteiger partial charge in [0.15, 0.2) is 0 Å². The highest BCUT2D eigenvalue weighted by Gasteiger charge is 2.44. The van der Waals surface area contributed by atoms with Crippen LogP contribution in [0.3, 0.4) is 0 Å². The van der Waals surface area contributed by atoms with E-state index in [0.717, 1.165) is 45.1 Å². The van der Waals surface area contributed by atoms with E-state index in [2.05, 4.69) is 0 Å². The normalized spacial score (nSPS) is 34.5. The molecule has 0 unspecified atom stereocenters. The second-order valence-electron chi connectivity index (χ2n) is 6.56. The maximum Gasteiger partial charge on any atom is 0.248 e. The summed E-state index contributed by atoms with van der Waals surface area (Å²) in [5, 5.41) is 10.6. The smallest absolute Gasteiger partial charge is 0.248 e. The number of likely N-dealkylation sites (tertiary alicyclic amines) is 1. The largest absolute Gasteiger partial charge is 0.390 e. The molecule has 2 fully saturated rings. The lowest BCUT2D eigenvalue weighted by Crippen LogP contribution is -2.51. The first-order valence-corrected chi connectivity index (χ1v) is 8.16. The van der Waals surface area contributed by atoms with Crippen LogP contribution in [0, 0.1) is 5.92 Å². The van der Waals surface area contributed by atoms with Gasteiger partial charge in [-0.25, -0.2) is 0 Å². The quantitative estimate of drug-likeness (QED) is 0.788. The highest BCUT2D eigenvalue weighted by atomic mass is 16.5. The molecule has 0 bridgehead atoms. The third-order valence-corrected chi connectivity index (χ3v) is 4.90. The Bertz CT molecular complexity index is 330. The first-order valence-electron chi connectivity index (χ1n) is 8.16. The van der Waals surface area contributed by atoms with Crippen molar-refractivity contribution in [2.24, 2.45) is 5.92 Å². The Morgan fingerprint density at radius 3 is 2.85 bits per heavy atom. The van der Waals surface area contributed by atoms with Crippen LogP contribution in [-0.2, 0) is 9.53 Å². The summed E-state index contributed by atoms with van der Waals surface area (Å²) in [5.41, 5.74) is -0.615. The van der Waals surface area contributed by atoms with E-state index in [-0.39, 0.29) is 24.5 Å². The Morgan fingerprint density at radius 2 is 2.15 bits per heavy atom. The SMILES string of the molecule is CCCOCC(=O)N1CCC[C@@H]1[C@H]1CCCC[C@@]1(C)O. The number of ether oxygens (including phenoxy) is 1. The maximum atomic E-state index is 12.3. The lowest BCUT2D eigenvalue weighted by Gasteiger charge is -2.43. The number of hydrogen-bond acceptors (Lipinski definition) is 3. The topological polar surface area (TPSA) is 49.8 Å². The number of carbonyl (C=O) groups is 1. The third kappa shape index (κ3) is 3.53. The minimum atomic E-state index is -0.615. The van der Waals surface area contributed by atoms with Gasteiger partial charge < -0.3 is 14.7 Å². The van der Waals surface area contributed by atoms with Crippen molar-refractivity contribution >= 4 is 5.91 Å². The van der Waals surface area contributed by atoms with Crippen LogP contribution >= 0.6 is 0 Å². The van der Waals surface area contributed by atoms with Crippen LogP contribution in [0.1, 0.15) is 58.8 Å². The van der Waals surface area contributed by atoms with Crippen LogP contribution in [0.2, 0.25) is 0 Å². The molecule has 1 heterocycles. The van der Waals surface area contributed by atoms with Gasteiger partial charge >= 0.3 is 0 Å². The van der Waals surface area contributed by atoms with E-state index in [1.54, 1.807) is 0 Å². The second kappa shape index (κ2) is 6.90. The molecule has 1 saturated carbocycles. The molecule has 116 valence electrons. The summed E-state index contributed by atoms with van der Waals surface area (Å²) in [6.45, 7) is 5.66. The lowest BCUT2D eigenvalue weighted by molar-refractivity contribution is -0.141.